The number of Topliss-reactive ketones (excluding diaryl/α,β-unsaturated/α-hetero) is 1. The van der Waals surface area contributed by atoms with Crippen molar-refractivity contribution in [3.8, 4) is 11.5 Å². The van der Waals surface area contributed by atoms with Gasteiger partial charge in [0.2, 0.25) is 6.29 Å². The number of phenols is 1. The number of carbonyl (C=O) groups is 3. The molecule has 0 bridgehead atoms. The average molecular weight is 705 g/mol. The lowest BCUT2D eigenvalue weighted by molar-refractivity contribution is -0.277. The Hall–Kier alpha value is -2.91. The third-order valence-corrected chi connectivity index (χ3v) is 12.7. The van der Waals surface area contributed by atoms with Gasteiger partial charge >= 0.3 is 5.97 Å². The van der Waals surface area contributed by atoms with Crippen LogP contribution >= 0.6 is 0 Å². The number of fused-ring (bicyclic) bond motifs is 5. The van der Waals surface area contributed by atoms with E-state index in [1.807, 2.05) is 20.8 Å². The molecule has 1 heterocycles. The van der Waals surface area contributed by atoms with E-state index in [4.69, 9.17) is 14.2 Å². The Bertz CT molecular complexity index is 1580. The van der Waals surface area contributed by atoms with E-state index in [1.54, 1.807) is 20.8 Å². The van der Waals surface area contributed by atoms with Crippen LogP contribution in [0.4, 0.5) is 0 Å². The molecule has 3 aliphatic carbocycles. The predicted molar refractivity (Wildman–Crippen MR) is 177 cm³/mol. The van der Waals surface area contributed by atoms with E-state index in [-0.39, 0.29) is 36.0 Å². The summed E-state index contributed by atoms with van der Waals surface area (Å²) in [4.78, 5) is 39.8. The predicted octanol–water partition coefficient (Wildman–Crippen LogP) is 1.28. The molecule has 0 aromatic heterocycles. The summed E-state index contributed by atoms with van der Waals surface area (Å²) in [7, 11) is 0. The summed E-state index contributed by atoms with van der Waals surface area (Å²) in [6.07, 6.45) is -5.31. The molecule has 13 nitrogen and oxygen atoms in total. The molecule has 12 unspecified atom stereocenters. The minimum atomic E-state index is -2.08. The van der Waals surface area contributed by atoms with Gasteiger partial charge < -0.3 is 50.0 Å². The van der Waals surface area contributed by atoms with E-state index >= 15 is 0 Å². The van der Waals surface area contributed by atoms with Gasteiger partial charge in [0, 0.05) is 19.3 Å². The van der Waals surface area contributed by atoms with Crippen molar-refractivity contribution in [3.63, 3.8) is 0 Å². The van der Waals surface area contributed by atoms with Crippen LogP contribution in [0.1, 0.15) is 84.4 Å². The van der Waals surface area contributed by atoms with Crippen molar-refractivity contribution >= 4 is 17.5 Å². The number of esters is 1. The second-order valence-corrected chi connectivity index (χ2v) is 16.2. The first-order chi connectivity index (χ1) is 23.0. The summed E-state index contributed by atoms with van der Waals surface area (Å²) in [5.41, 5.74) is -4.34. The number of benzene rings is 1. The van der Waals surface area contributed by atoms with Crippen LogP contribution in [-0.4, -0.2) is 108 Å². The zero-order chi connectivity index (χ0) is 37.5. The van der Waals surface area contributed by atoms with E-state index in [1.165, 1.54) is 26.0 Å². The second kappa shape index (κ2) is 12.6. The molecule has 0 amide bonds. The van der Waals surface area contributed by atoms with Crippen molar-refractivity contribution < 1.29 is 64.3 Å². The van der Waals surface area contributed by atoms with Gasteiger partial charge in [-0.3, -0.25) is 14.4 Å². The Morgan fingerprint density at radius 3 is 2.30 bits per heavy atom. The van der Waals surface area contributed by atoms with Crippen LogP contribution in [-0.2, 0) is 35.7 Å². The molecule has 1 aromatic rings. The minimum Gasteiger partial charge on any atom is -0.504 e. The van der Waals surface area contributed by atoms with Gasteiger partial charge in [-0.1, -0.05) is 13.8 Å². The number of aromatic hydroxyl groups is 1. The van der Waals surface area contributed by atoms with Crippen LogP contribution in [0.5, 0.6) is 11.5 Å². The lowest BCUT2D eigenvalue weighted by Gasteiger charge is -2.61. The molecule has 7 N–H and O–H groups in total. The van der Waals surface area contributed by atoms with Crippen LogP contribution in [0.3, 0.4) is 0 Å². The van der Waals surface area contributed by atoms with E-state index in [0.29, 0.717) is 24.0 Å². The Morgan fingerprint density at radius 1 is 1.06 bits per heavy atom. The maximum absolute atomic E-state index is 14.7. The molecular formula is C37H52O13. The first-order valence-corrected chi connectivity index (χ1v) is 17.2. The van der Waals surface area contributed by atoms with E-state index in [0.717, 1.165) is 11.6 Å². The maximum Gasteiger partial charge on any atom is 0.303 e. The summed E-state index contributed by atoms with van der Waals surface area (Å²) in [5, 5.41) is 75.6. The molecule has 50 heavy (non-hydrogen) atoms. The molecule has 12 atom stereocenters. The lowest BCUT2D eigenvalue weighted by atomic mass is 9.41. The van der Waals surface area contributed by atoms with Crippen molar-refractivity contribution in [2.75, 3.05) is 6.61 Å². The molecule has 1 aromatic carbocycles. The highest BCUT2D eigenvalue weighted by atomic mass is 16.7. The van der Waals surface area contributed by atoms with Crippen molar-refractivity contribution in [2.45, 2.75) is 135 Å². The monoisotopic (exact) mass is 704 g/mol. The summed E-state index contributed by atoms with van der Waals surface area (Å²) in [6.45, 7) is 12.5. The normalized spacial score (nSPS) is 39.7. The average Bonchev–Trinajstić information content (AvgIpc) is 3.22. The van der Waals surface area contributed by atoms with Gasteiger partial charge in [0.15, 0.2) is 17.3 Å². The summed E-state index contributed by atoms with van der Waals surface area (Å²) >= 11 is 0. The number of hydrogen-bond acceptors (Lipinski definition) is 13. The first-order valence-electron chi connectivity index (χ1n) is 17.2. The number of aliphatic hydroxyl groups excluding tert-OH is 5. The van der Waals surface area contributed by atoms with Gasteiger partial charge in [0.05, 0.1) is 18.1 Å². The van der Waals surface area contributed by atoms with Crippen molar-refractivity contribution in [2.24, 2.45) is 22.7 Å². The van der Waals surface area contributed by atoms with Gasteiger partial charge in [0.1, 0.15) is 41.4 Å². The van der Waals surface area contributed by atoms with Crippen molar-refractivity contribution in [3.05, 3.63) is 34.9 Å². The number of ketones is 2. The van der Waals surface area contributed by atoms with Crippen LogP contribution < -0.4 is 4.74 Å². The maximum atomic E-state index is 14.7. The fraction of sp³-hybridized carbons (Fsp3) is 0.703. The first kappa shape index (κ1) is 38.3. The zero-order valence-corrected chi connectivity index (χ0v) is 30.0. The molecule has 0 radical (unpaired) electrons. The smallest absolute Gasteiger partial charge is 0.303 e. The Kier molecular flexibility index (Phi) is 9.69. The highest BCUT2D eigenvalue weighted by Gasteiger charge is 2.73. The van der Waals surface area contributed by atoms with Gasteiger partial charge in [0.25, 0.3) is 0 Å². The Balaban J connectivity index is 1.52. The number of hydrogen-bond donors (Lipinski definition) is 7. The third kappa shape index (κ3) is 5.69. The van der Waals surface area contributed by atoms with Gasteiger partial charge in [-0.15, -0.1) is 0 Å². The van der Waals surface area contributed by atoms with Gasteiger partial charge in [-0.2, -0.15) is 0 Å². The van der Waals surface area contributed by atoms with Crippen molar-refractivity contribution in [1.29, 1.82) is 0 Å². The molecule has 5 rings (SSSR count). The molecule has 278 valence electrons. The van der Waals surface area contributed by atoms with E-state index < -0.39 is 88.5 Å². The number of phenolic OH excluding ortho intramolecular Hbond substituents is 1. The van der Waals surface area contributed by atoms with E-state index in [2.05, 4.69) is 0 Å². The molecule has 1 saturated heterocycles. The topological polar surface area (TPSA) is 221 Å². The number of ether oxygens (including phenoxy) is 3. The third-order valence-electron chi connectivity index (χ3n) is 12.7. The molecule has 1 aliphatic heterocycles. The SMILES string of the molecule is CC(=O)OC(C)(C)C=CC(=O)C(C)(O)C1C(O)CC2(C)C3CCc4c(cc(OC5OC(CO)C(O)C(O)C5O)c(O)c4C)C3(C)C(=O)CC12C. The lowest BCUT2D eigenvalue weighted by Crippen LogP contribution is -2.63. The van der Waals surface area contributed by atoms with Crippen LogP contribution in [0, 0.1) is 29.6 Å². The highest BCUT2D eigenvalue weighted by Crippen LogP contribution is 2.72. The molecule has 3 fully saturated rings. The van der Waals surface area contributed by atoms with Crippen LogP contribution in [0.25, 0.3) is 0 Å². The van der Waals surface area contributed by atoms with Crippen LogP contribution in [0.2, 0.25) is 0 Å². The minimum absolute atomic E-state index is 0.0768. The van der Waals surface area contributed by atoms with Crippen molar-refractivity contribution in [1.82, 2.24) is 0 Å². The summed E-state index contributed by atoms with van der Waals surface area (Å²) in [5.74, 6) is -3.18. The summed E-state index contributed by atoms with van der Waals surface area (Å²) < 4.78 is 16.7. The molecule has 2 saturated carbocycles. The number of rotatable bonds is 8. The Morgan fingerprint density at radius 2 is 1.70 bits per heavy atom. The van der Waals surface area contributed by atoms with Gasteiger partial charge in [-0.05, 0) is 106 Å². The Labute approximate surface area is 291 Å². The zero-order valence-electron chi connectivity index (χ0n) is 30.0. The standard InChI is InChI=1S/C37H52O13/c1-17-19-9-10-24-34(5)14-21(40)31(37(8,47)25(41)11-12-33(3,4)50-18(2)39)35(34,6)15-26(42)36(24,7)20(19)13-22(27(17)43)48-32-30(46)29(45)28(44)23(16-38)49-32/h11-13,21,23-24,28-32,38,40,43-47H,9-10,14-16H2,1-8H3. The molecule has 4 aliphatic rings. The molecular weight excluding hydrogens is 652 g/mol. The quantitative estimate of drug-likeness (QED) is 0.150. The number of aliphatic hydroxyl groups is 6. The van der Waals surface area contributed by atoms with Gasteiger partial charge in [-0.25, -0.2) is 0 Å². The fourth-order valence-electron chi connectivity index (χ4n) is 9.98. The molecule has 13 heteroatoms. The van der Waals surface area contributed by atoms with E-state index in [9.17, 15) is 50.1 Å². The number of carbonyl (C=O) groups excluding carboxylic acids is 3. The second-order valence-electron chi connectivity index (χ2n) is 16.2. The van der Waals surface area contributed by atoms with Crippen LogP contribution in [0.15, 0.2) is 18.2 Å². The highest BCUT2D eigenvalue weighted by molar-refractivity contribution is 5.98. The summed E-state index contributed by atoms with van der Waals surface area (Å²) in [6, 6.07) is 1.54. The molecule has 0 spiro atoms. The fourth-order valence-corrected chi connectivity index (χ4v) is 9.98. The largest absolute Gasteiger partial charge is 0.504 e.